The second kappa shape index (κ2) is 8.90. The predicted molar refractivity (Wildman–Crippen MR) is 115 cm³/mol. The number of H-pyrrole nitrogens is 1. The quantitative estimate of drug-likeness (QED) is 0.590. The number of carbonyl (C=O) groups excluding carboxylic acids is 1. The van der Waals surface area contributed by atoms with Crippen LogP contribution in [0.4, 0.5) is 5.69 Å². The lowest BCUT2D eigenvalue weighted by Gasteiger charge is -2.15. The molecule has 0 unspecified atom stereocenters. The van der Waals surface area contributed by atoms with Gasteiger partial charge >= 0.3 is 0 Å². The van der Waals surface area contributed by atoms with Crippen LogP contribution in [-0.4, -0.2) is 27.7 Å². The first-order valence-corrected chi connectivity index (χ1v) is 9.90. The molecular formula is C23H28N4O2. The van der Waals surface area contributed by atoms with Crippen LogP contribution in [0.2, 0.25) is 0 Å². The number of nitrogens with zero attached hydrogens (tertiary/aromatic N) is 2. The molecule has 6 heteroatoms. The summed E-state index contributed by atoms with van der Waals surface area (Å²) in [5, 5.41) is 10.2. The predicted octanol–water partition coefficient (Wildman–Crippen LogP) is 5.04. The molecule has 0 atom stereocenters. The van der Waals surface area contributed by atoms with Crippen molar-refractivity contribution in [1.29, 1.82) is 0 Å². The fraction of sp³-hybridized carbons (Fsp3) is 0.348. The molecule has 3 rings (SSSR count). The fourth-order valence-electron chi connectivity index (χ4n) is 3.01. The van der Waals surface area contributed by atoms with Gasteiger partial charge in [0.25, 0.3) is 5.91 Å². The molecule has 0 aliphatic carbocycles. The molecule has 1 aromatic heterocycles. The normalized spacial score (nSPS) is 11.1. The molecule has 6 nitrogen and oxygen atoms in total. The van der Waals surface area contributed by atoms with Crippen LogP contribution < -0.4 is 10.1 Å². The number of aryl methyl sites for hydroxylation is 1. The van der Waals surface area contributed by atoms with Gasteiger partial charge in [0, 0.05) is 11.5 Å². The average molecular weight is 393 g/mol. The third-order valence-corrected chi connectivity index (χ3v) is 4.64. The maximum Gasteiger partial charge on any atom is 0.262 e. The molecule has 0 aliphatic rings. The summed E-state index contributed by atoms with van der Waals surface area (Å²) >= 11 is 0. The molecule has 0 saturated carbocycles. The summed E-state index contributed by atoms with van der Waals surface area (Å²) in [4.78, 5) is 17.1. The molecule has 0 bridgehead atoms. The lowest BCUT2D eigenvalue weighted by atomic mass is 10.0. The third kappa shape index (κ3) is 5.02. The number of anilines is 1. The first-order valence-electron chi connectivity index (χ1n) is 9.90. The van der Waals surface area contributed by atoms with E-state index in [1.165, 1.54) is 0 Å². The topological polar surface area (TPSA) is 79.9 Å². The fourth-order valence-corrected chi connectivity index (χ4v) is 3.01. The molecule has 0 spiro atoms. The molecule has 2 N–H and O–H groups in total. The smallest absolute Gasteiger partial charge is 0.262 e. The van der Waals surface area contributed by atoms with Crippen LogP contribution in [0.25, 0.3) is 11.4 Å². The number of carbonyl (C=O) groups is 1. The summed E-state index contributed by atoms with van der Waals surface area (Å²) in [6.45, 7) is 10.3. The van der Waals surface area contributed by atoms with Gasteiger partial charge in [-0.3, -0.25) is 9.89 Å². The Hall–Kier alpha value is -3.15. The highest BCUT2D eigenvalue weighted by Crippen LogP contribution is 2.28. The molecule has 0 radical (unpaired) electrons. The zero-order valence-electron chi connectivity index (χ0n) is 17.6. The van der Waals surface area contributed by atoms with Crippen molar-refractivity contribution in [2.75, 3.05) is 11.9 Å². The second-order valence-electron chi connectivity index (χ2n) is 7.78. The van der Waals surface area contributed by atoms with Crippen molar-refractivity contribution in [3.05, 3.63) is 59.4 Å². The van der Waals surface area contributed by atoms with Crippen molar-refractivity contribution >= 4 is 11.6 Å². The van der Waals surface area contributed by atoms with E-state index in [-0.39, 0.29) is 18.4 Å². The molecule has 0 saturated heterocycles. The first-order chi connectivity index (χ1) is 13.8. The zero-order chi connectivity index (χ0) is 21.0. The summed E-state index contributed by atoms with van der Waals surface area (Å²) in [7, 11) is 0. The van der Waals surface area contributed by atoms with Crippen LogP contribution in [0.15, 0.2) is 42.5 Å². The number of hydrogen-bond acceptors (Lipinski definition) is 4. The van der Waals surface area contributed by atoms with Crippen molar-refractivity contribution in [3.63, 3.8) is 0 Å². The van der Waals surface area contributed by atoms with Crippen LogP contribution >= 0.6 is 0 Å². The van der Waals surface area contributed by atoms with E-state index in [1.54, 1.807) is 0 Å². The van der Waals surface area contributed by atoms with E-state index in [4.69, 9.17) is 4.74 Å². The van der Waals surface area contributed by atoms with Gasteiger partial charge in [-0.05, 0) is 42.2 Å². The van der Waals surface area contributed by atoms with Crippen molar-refractivity contribution in [2.45, 2.75) is 46.5 Å². The minimum atomic E-state index is -0.228. The van der Waals surface area contributed by atoms with Gasteiger partial charge in [-0.2, -0.15) is 5.10 Å². The summed E-state index contributed by atoms with van der Waals surface area (Å²) < 4.78 is 5.84. The lowest BCUT2D eigenvalue weighted by Crippen LogP contribution is -2.21. The molecule has 152 valence electrons. The van der Waals surface area contributed by atoms with Gasteiger partial charge in [0.05, 0.1) is 5.69 Å². The number of aromatic nitrogens is 3. The van der Waals surface area contributed by atoms with Crippen LogP contribution in [0.5, 0.6) is 5.75 Å². The monoisotopic (exact) mass is 392 g/mol. The van der Waals surface area contributed by atoms with Crippen molar-refractivity contribution < 1.29 is 9.53 Å². The third-order valence-electron chi connectivity index (χ3n) is 4.64. The molecule has 1 heterocycles. The molecular weight excluding hydrogens is 364 g/mol. The van der Waals surface area contributed by atoms with Gasteiger partial charge in [-0.25, -0.2) is 4.98 Å². The number of para-hydroxylation sites is 1. The minimum Gasteiger partial charge on any atom is -0.483 e. The van der Waals surface area contributed by atoms with Crippen LogP contribution in [0, 0.1) is 6.92 Å². The molecule has 29 heavy (non-hydrogen) atoms. The van der Waals surface area contributed by atoms with Gasteiger partial charge < -0.3 is 10.1 Å². The van der Waals surface area contributed by atoms with Gasteiger partial charge in [0.15, 0.2) is 12.4 Å². The average Bonchev–Trinajstić information content (AvgIpc) is 3.17. The van der Waals surface area contributed by atoms with Gasteiger partial charge in [-0.15, -0.1) is 0 Å². The Kier molecular flexibility index (Phi) is 6.32. The van der Waals surface area contributed by atoms with Gasteiger partial charge in [-0.1, -0.05) is 52.0 Å². The Morgan fingerprint density at radius 3 is 2.55 bits per heavy atom. The van der Waals surface area contributed by atoms with Crippen LogP contribution in [-0.2, 0) is 4.79 Å². The maximum atomic E-state index is 12.6. The highest BCUT2D eigenvalue weighted by atomic mass is 16.5. The number of ether oxygens (including phenoxy) is 1. The largest absolute Gasteiger partial charge is 0.483 e. The summed E-state index contributed by atoms with van der Waals surface area (Å²) in [6.07, 6.45) is 0. The molecule has 3 aromatic rings. The van der Waals surface area contributed by atoms with E-state index < -0.39 is 0 Å². The van der Waals surface area contributed by atoms with E-state index in [2.05, 4.69) is 46.5 Å². The Morgan fingerprint density at radius 2 is 1.86 bits per heavy atom. The molecule has 0 fully saturated rings. The minimum absolute atomic E-state index is 0.0667. The van der Waals surface area contributed by atoms with Gasteiger partial charge in [0.1, 0.15) is 11.6 Å². The highest BCUT2D eigenvalue weighted by Gasteiger charge is 2.15. The molecule has 2 aromatic carbocycles. The Morgan fingerprint density at radius 1 is 1.10 bits per heavy atom. The van der Waals surface area contributed by atoms with E-state index >= 15 is 0 Å². The van der Waals surface area contributed by atoms with Crippen molar-refractivity contribution in [3.8, 4) is 17.1 Å². The van der Waals surface area contributed by atoms with Crippen molar-refractivity contribution in [1.82, 2.24) is 15.2 Å². The van der Waals surface area contributed by atoms with E-state index in [0.717, 1.165) is 28.3 Å². The van der Waals surface area contributed by atoms with E-state index in [0.29, 0.717) is 17.4 Å². The lowest BCUT2D eigenvalue weighted by molar-refractivity contribution is -0.118. The SMILES string of the molecule is Cc1ccc(C(C)C)c(OCC(=O)Nc2ccccc2-c2n[nH]c(C(C)C)n2)c1. The summed E-state index contributed by atoms with van der Waals surface area (Å²) in [5.74, 6) is 2.45. The van der Waals surface area contributed by atoms with E-state index in [1.807, 2.05) is 51.1 Å². The Balaban J connectivity index is 1.73. The second-order valence-corrected chi connectivity index (χ2v) is 7.78. The first kappa shape index (κ1) is 20.6. The standard InChI is InChI=1S/C23H28N4O2/c1-14(2)17-11-10-16(5)12-20(17)29-13-21(28)24-19-9-7-6-8-18(19)23-25-22(15(3)4)26-27-23/h6-12,14-15H,13H2,1-5H3,(H,24,28)(H,25,26,27). The molecule has 1 amide bonds. The van der Waals surface area contributed by atoms with Crippen LogP contribution in [0.3, 0.4) is 0 Å². The van der Waals surface area contributed by atoms with Crippen molar-refractivity contribution in [2.24, 2.45) is 0 Å². The number of aromatic amines is 1. The number of hydrogen-bond donors (Lipinski definition) is 2. The Labute approximate surface area is 171 Å². The summed E-state index contributed by atoms with van der Waals surface area (Å²) in [6, 6.07) is 13.6. The number of benzene rings is 2. The maximum absolute atomic E-state index is 12.6. The number of nitrogens with one attached hydrogen (secondary N) is 2. The van der Waals surface area contributed by atoms with Gasteiger partial charge in [0.2, 0.25) is 0 Å². The summed E-state index contributed by atoms with van der Waals surface area (Å²) in [5.41, 5.74) is 3.61. The number of rotatable bonds is 7. The number of amides is 1. The zero-order valence-corrected chi connectivity index (χ0v) is 17.6. The van der Waals surface area contributed by atoms with E-state index in [9.17, 15) is 4.79 Å². The molecule has 0 aliphatic heterocycles. The van der Waals surface area contributed by atoms with Crippen LogP contribution in [0.1, 0.15) is 56.5 Å². The Bertz CT molecular complexity index is 992. The highest BCUT2D eigenvalue weighted by molar-refractivity contribution is 5.95.